The minimum atomic E-state index is -0.404. The first kappa shape index (κ1) is 12.2. The number of benzene rings is 1. The summed E-state index contributed by atoms with van der Waals surface area (Å²) in [5, 5.41) is 14.6. The lowest BCUT2D eigenvalue weighted by atomic mass is 10.3. The summed E-state index contributed by atoms with van der Waals surface area (Å²) in [6.07, 6.45) is 3.32. The number of fused-ring (bicyclic) bond motifs is 1. The number of para-hydroxylation sites is 1. The average molecular weight is 268 g/mol. The van der Waals surface area contributed by atoms with Gasteiger partial charge >= 0.3 is 0 Å². The quantitative estimate of drug-likeness (QED) is 0.777. The third-order valence-electron chi connectivity index (χ3n) is 2.78. The van der Waals surface area contributed by atoms with Crippen LogP contribution in [0.3, 0.4) is 0 Å². The van der Waals surface area contributed by atoms with Crippen molar-refractivity contribution < 1.29 is 4.79 Å². The molecule has 0 saturated carbocycles. The second-order valence-corrected chi connectivity index (χ2v) is 4.16. The van der Waals surface area contributed by atoms with Crippen LogP contribution < -0.4 is 5.32 Å². The van der Waals surface area contributed by atoms with Crippen LogP contribution in [0.5, 0.6) is 0 Å². The zero-order valence-corrected chi connectivity index (χ0v) is 10.8. The first-order valence-corrected chi connectivity index (χ1v) is 6.19. The Morgan fingerprint density at radius 2 is 2.05 bits per heavy atom. The maximum Gasteiger partial charge on any atom is 0.295 e. The van der Waals surface area contributed by atoms with Gasteiger partial charge in [-0.15, -0.1) is 10.2 Å². The molecule has 7 nitrogen and oxygen atoms in total. The van der Waals surface area contributed by atoms with Crippen molar-refractivity contribution in [3.63, 3.8) is 0 Å². The van der Waals surface area contributed by atoms with E-state index in [1.807, 2.05) is 19.1 Å². The van der Waals surface area contributed by atoms with Gasteiger partial charge < -0.3 is 5.32 Å². The molecule has 0 radical (unpaired) electrons. The van der Waals surface area contributed by atoms with Crippen LogP contribution in [0.2, 0.25) is 0 Å². The van der Waals surface area contributed by atoms with E-state index >= 15 is 0 Å². The number of nitrogens with one attached hydrogen (secondary N) is 1. The SMILES string of the molecule is CCn1cc(NC(=O)c2nnc3ccccc3n2)cn1. The molecular formula is C13H12N6O. The summed E-state index contributed by atoms with van der Waals surface area (Å²) in [6.45, 7) is 2.71. The number of anilines is 1. The van der Waals surface area contributed by atoms with Crippen LogP contribution in [0.4, 0.5) is 5.69 Å². The minimum absolute atomic E-state index is 0.0351. The standard InChI is InChI=1S/C13H12N6O/c1-2-19-8-9(7-14-19)15-13(20)12-16-10-5-3-4-6-11(10)17-18-12/h3-8H,2H2,1H3,(H,15,20). The summed E-state index contributed by atoms with van der Waals surface area (Å²) in [5.74, 6) is -0.369. The van der Waals surface area contributed by atoms with Gasteiger partial charge in [0.2, 0.25) is 5.82 Å². The molecule has 1 N–H and O–H groups in total. The maximum atomic E-state index is 12.0. The second kappa shape index (κ2) is 5.04. The van der Waals surface area contributed by atoms with Crippen molar-refractivity contribution >= 4 is 22.6 Å². The fraction of sp³-hybridized carbons (Fsp3) is 0.154. The first-order chi connectivity index (χ1) is 9.76. The summed E-state index contributed by atoms with van der Waals surface area (Å²) in [6, 6.07) is 7.26. The van der Waals surface area contributed by atoms with Crippen molar-refractivity contribution in [1.82, 2.24) is 25.0 Å². The molecule has 2 heterocycles. The molecule has 0 saturated heterocycles. The number of carbonyl (C=O) groups excluding carboxylic acids is 1. The van der Waals surface area contributed by atoms with Crippen LogP contribution in [-0.2, 0) is 6.54 Å². The van der Waals surface area contributed by atoms with Gasteiger partial charge in [-0.2, -0.15) is 5.10 Å². The Morgan fingerprint density at radius 3 is 2.80 bits per heavy atom. The van der Waals surface area contributed by atoms with Crippen molar-refractivity contribution in [1.29, 1.82) is 0 Å². The zero-order chi connectivity index (χ0) is 13.9. The number of hydrogen-bond donors (Lipinski definition) is 1. The highest BCUT2D eigenvalue weighted by Crippen LogP contribution is 2.09. The summed E-state index contributed by atoms with van der Waals surface area (Å²) < 4.78 is 1.72. The van der Waals surface area contributed by atoms with Crippen LogP contribution in [0.15, 0.2) is 36.7 Å². The Hall–Kier alpha value is -2.83. The zero-order valence-electron chi connectivity index (χ0n) is 10.8. The predicted octanol–water partition coefficient (Wildman–Crippen LogP) is 1.49. The van der Waals surface area contributed by atoms with Gasteiger partial charge in [0, 0.05) is 12.7 Å². The fourth-order valence-electron chi connectivity index (χ4n) is 1.77. The Labute approximate surface area is 114 Å². The van der Waals surface area contributed by atoms with Crippen molar-refractivity contribution in [3.05, 3.63) is 42.5 Å². The van der Waals surface area contributed by atoms with Gasteiger partial charge in [-0.25, -0.2) is 4.98 Å². The number of hydrogen-bond acceptors (Lipinski definition) is 5. The molecule has 3 rings (SSSR count). The molecule has 100 valence electrons. The smallest absolute Gasteiger partial charge is 0.295 e. The molecule has 2 aromatic heterocycles. The van der Waals surface area contributed by atoms with E-state index in [-0.39, 0.29) is 5.82 Å². The second-order valence-electron chi connectivity index (χ2n) is 4.16. The summed E-state index contributed by atoms with van der Waals surface area (Å²) >= 11 is 0. The Bertz CT molecular complexity index is 766. The Balaban J connectivity index is 1.84. The molecule has 0 aliphatic heterocycles. The third-order valence-corrected chi connectivity index (χ3v) is 2.78. The summed E-state index contributed by atoms with van der Waals surface area (Å²) in [5.41, 5.74) is 1.90. The van der Waals surface area contributed by atoms with Crippen molar-refractivity contribution in [2.45, 2.75) is 13.5 Å². The van der Waals surface area contributed by atoms with E-state index in [1.54, 1.807) is 29.2 Å². The number of rotatable bonds is 3. The number of aryl methyl sites for hydroxylation is 1. The monoisotopic (exact) mass is 268 g/mol. The highest BCUT2D eigenvalue weighted by Gasteiger charge is 2.12. The van der Waals surface area contributed by atoms with Gasteiger partial charge in [-0.05, 0) is 19.1 Å². The lowest BCUT2D eigenvalue weighted by molar-refractivity contribution is 0.101. The van der Waals surface area contributed by atoms with E-state index in [1.165, 1.54) is 0 Å². The van der Waals surface area contributed by atoms with Crippen LogP contribution in [0.25, 0.3) is 11.0 Å². The molecule has 0 spiro atoms. The lowest BCUT2D eigenvalue weighted by Gasteiger charge is -2.01. The van der Waals surface area contributed by atoms with Crippen molar-refractivity contribution in [2.24, 2.45) is 0 Å². The predicted molar refractivity (Wildman–Crippen MR) is 73.2 cm³/mol. The van der Waals surface area contributed by atoms with Crippen LogP contribution in [0, 0.1) is 0 Å². The van der Waals surface area contributed by atoms with Gasteiger partial charge in [0.05, 0.1) is 17.4 Å². The number of nitrogens with zero attached hydrogens (tertiary/aromatic N) is 5. The van der Waals surface area contributed by atoms with Crippen LogP contribution >= 0.6 is 0 Å². The maximum absolute atomic E-state index is 12.0. The average Bonchev–Trinajstić information content (AvgIpc) is 2.94. The van der Waals surface area contributed by atoms with Gasteiger partial charge in [0.15, 0.2) is 0 Å². The van der Waals surface area contributed by atoms with Gasteiger partial charge in [-0.3, -0.25) is 9.48 Å². The molecule has 20 heavy (non-hydrogen) atoms. The van der Waals surface area contributed by atoms with E-state index in [2.05, 4.69) is 25.6 Å². The highest BCUT2D eigenvalue weighted by molar-refractivity contribution is 6.01. The molecule has 0 unspecified atom stereocenters. The molecule has 7 heteroatoms. The molecule has 0 aliphatic rings. The normalized spacial score (nSPS) is 10.7. The van der Waals surface area contributed by atoms with E-state index in [9.17, 15) is 4.79 Å². The lowest BCUT2D eigenvalue weighted by Crippen LogP contribution is -2.16. The number of aromatic nitrogens is 5. The highest BCUT2D eigenvalue weighted by atomic mass is 16.2. The molecule has 3 aromatic rings. The van der Waals surface area contributed by atoms with Crippen LogP contribution in [0.1, 0.15) is 17.5 Å². The molecule has 0 atom stereocenters. The molecule has 0 fully saturated rings. The van der Waals surface area contributed by atoms with Crippen LogP contribution in [-0.4, -0.2) is 30.9 Å². The van der Waals surface area contributed by atoms with E-state index < -0.39 is 5.91 Å². The molecule has 1 aromatic carbocycles. The van der Waals surface area contributed by atoms with Gasteiger partial charge in [0.25, 0.3) is 5.91 Å². The number of amides is 1. The number of carbonyl (C=O) groups is 1. The Morgan fingerprint density at radius 1 is 1.25 bits per heavy atom. The van der Waals surface area contributed by atoms with E-state index in [0.29, 0.717) is 16.7 Å². The fourth-order valence-corrected chi connectivity index (χ4v) is 1.77. The molecule has 0 aliphatic carbocycles. The topological polar surface area (TPSA) is 85.6 Å². The van der Waals surface area contributed by atoms with Crippen molar-refractivity contribution in [2.75, 3.05) is 5.32 Å². The summed E-state index contributed by atoms with van der Waals surface area (Å²) in [4.78, 5) is 16.2. The third kappa shape index (κ3) is 2.33. The van der Waals surface area contributed by atoms with Crippen molar-refractivity contribution in [3.8, 4) is 0 Å². The minimum Gasteiger partial charge on any atom is -0.316 e. The van der Waals surface area contributed by atoms with E-state index in [4.69, 9.17) is 0 Å². The first-order valence-electron chi connectivity index (χ1n) is 6.19. The molecule has 1 amide bonds. The van der Waals surface area contributed by atoms with Gasteiger partial charge in [-0.1, -0.05) is 12.1 Å². The summed E-state index contributed by atoms with van der Waals surface area (Å²) in [7, 11) is 0. The Kier molecular flexibility index (Phi) is 3.08. The largest absolute Gasteiger partial charge is 0.316 e. The van der Waals surface area contributed by atoms with E-state index in [0.717, 1.165) is 6.54 Å². The molecule has 0 bridgehead atoms. The van der Waals surface area contributed by atoms with Gasteiger partial charge in [0.1, 0.15) is 5.52 Å². The molecular weight excluding hydrogens is 256 g/mol.